The van der Waals surface area contributed by atoms with Crippen molar-refractivity contribution in [3.8, 4) is 0 Å². The monoisotopic (exact) mass is 332 g/mol. The molecule has 2 rings (SSSR count). The van der Waals surface area contributed by atoms with E-state index in [2.05, 4.69) is 45.1 Å². The molecule has 2 atom stereocenters. The molecular weight excluding hydrogens is 316 g/mol. The Balaban J connectivity index is 2.18. The van der Waals surface area contributed by atoms with E-state index < -0.39 is 0 Å². The topological polar surface area (TPSA) is 42.3 Å². The maximum atomic E-state index is 11.2. The summed E-state index contributed by atoms with van der Waals surface area (Å²) in [6.07, 6.45) is 5.11. The molecule has 0 aliphatic heterocycles. The van der Waals surface area contributed by atoms with Crippen LogP contribution in [-0.4, -0.2) is 4.98 Å². The van der Waals surface area contributed by atoms with Crippen LogP contribution in [-0.2, 0) is 0 Å². The predicted octanol–water partition coefficient (Wildman–Crippen LogP) is 5.24. The molecule has 1 aromatic heterocycles. The second-order valence-electron chi connectivity index (χ2n) is 4.80. The average molecular weight is 333 g/mol. The molecule has 0 N–H and O–H groups in total. The summed E-state index contributed by atoms with van der Waals surface area (Å²) in [4.78, 5) is 15.2. The molecule has 0 radical (unpaired) electrons. The van der Waals surface area contributed by atoms with Crippen molar-refractivity contribution in [3.63, 3.8) is 0 Å². The first-order valence-corrected chi connectivity index (χ1v) is 7.51. The number of hydrogen-bond donors (Lipinski definition) is 0. The highest BCUT2D eigenvalue weighted by molar-refractivity contribution is 9.10. The van der Waals surface area contributed by atoms with Gasteiger partial charge in [0.1, 0.15) is 6.04 Å². The Morgan fingerprint density at radius 1 is 1.20 bits per heavy atom. The van der Waals surface area contributed by atoms with E-state index in [0.717, 1.165) is 22.9 Å². The molecule has 1 aromatic carbocycles. The molecule has 0 fully saturated rings. The van der Waals surface area contributed by atoms with Crippen LogP contribution in [0.15, 0.2) is 58.4 Å². The quantitative estimate of drug-likeness (QED) is 0.679. The van der Waals surface area contributed by atoms with E-state index in [1.54, 1.807) is 12.4 Å². The van der Waals surface area contributed by atoms with Gasteiger partial charge < -0.3 is 0 Å². The molecule has 20 heavy (non-hydrogen) atoms. The average Bonchev–Trinajstić information content (AvgIpc) is 2.49. The minimum Gasteiger partial charge on any atom is -0.265 e. The Kier molecular flexibility index (Phi) is 5.41. The molecule has 2 aromatic rings. The zero-order chi connectivity index (χ0) is 14.4. The summed E-state index contributed by atoms with van der Waals surface area (Å²) in [5.74, 6) is 0.323. The first-order chi connectivity index (χ1) is 9.74. The molecule has 3 nitrogen and oxygen atoms in total. The lowest BCUT2D eigenvalue weighted by molar-refractivity contribution is 0.529. The Labute approximate surface area is 127 Å². The van der Waals surface area contributed by atoms with Gasteiger partial charge in [-0.05, 0) is 54.2 Å². The molecule has 2 unspecified atom stereocenters. The van der Waals surface area contributed by atoms with Crippen molar-refractivity contribution in [1.29, 1.82) is 0 Å². The summed E-state index contributed by atoms with van der Waals surface area (Å²) < 4.78 is 1.06. The minimum atomic E-state index is -0.318. The van der Waals surface area contributed by atoms with Gasteiger partial charge in [0.15, 0.2) is 0 Å². The van der Waals surface area contributed by atoms with Crippen molar-refractivity contribution in [2.75, 3.05) is 0 Å². The van der Waals surface area contributed by atoms with E-state index in [1.165, 1.54) is 5.56 Å². The van der Waals surface area contributed by atoms with Gasteiger partial charge in [-0.3, -0.25) is 4.98 Å². The number of nitrogens with zero attached hydrogens (tertiary/aromatic N) is 2. The van der Waals surface area contributed by atoms with Gasteiger partial charge >= 0.3 is 0 Å². The normalized spacial score (nSPS) is 13.7. The van der Waals surface area contributed by atoms with Gasteiger partial charge in [-0.1, -0.05) is 40.2 Å². The maximum Gasteiger partial charge on any atom is 0.118 e. The van der Waals surface area contributed by atoms with Crippen LogP contribution >= 0.6 is 15.9 Å². The molecule has 0 spiro atoms. The third-order valence-corrected chi connectivity index (χ3v) is 4.03. The molecule has 0 saturated carbocycles. The number of benzene rings is 1. The third-order valence-electron chi connectivity index (χ3n) is 3.54. The van der Waals surface area contributed by atoms with Crippen molar-refractivity contribution in [2.24, 2.45) is 5.18 Å². The van der Waals surface area contributed by atoms with Gasteiger partial charge in [0.25, 0.3) is 0 Å². The van der Waals surface area contributed by atoms with Crippen molar-refractivity contribution in [2.45, 2.75) is 31.7 Å². The van der Waals surface area contributed by atoms with Crippen LogP contribution in [0.3, 0.4) is 0 Å². The number of rotatable bonds is 6. The maximum absolute atomic E-state index is 11.2. The highest BCUT2D eigenvalue weighted by Crippen LogP contribution is 2.33. The Morgan fingerprint density at radius 2 is 1.95 bits per heavy atom. The second-order valence-corrected chi connectivity index (χ2v) is 5.71. The summed E-state index contributed by atoms with van der Waals surface area (Å²) >= 11 is 3.49. The lowest BCUT2D eigenvalue weighted by Gasteiger charge is -2.19. The number of nitroso groups, excluding NO2 is 1. The first-order valence-electron chi connectivity index (χ1n) is 6.72. The van der Waals surface area contributed by atoms with Crippen LogP contribution < -0.4 is 0 Å². The van der Waals surface area contributed by atoms with Gasteiger partial charge in [0, 0.05) is 16.9 Å². The third kappa shape index (κ3) is 3.73. The van der Waals surface area contributed by atoms with E-state index in [0.29, 0.717) is 5.92 Å². The van der Waals surface area contributed by atoms with Gasteiger partial charge in [-0.2, -0.15) is 4.91 Å². The summed E-state index contributed by atoms with van der Waals surface area (Å²) in [5.41, 5.74) is 2.17. The van der Waals surface area contributed by atoms with E-state index in [4.69, 9.17) is 0 Å². The fraction of sp³-hybridized carbons (Fsp3) is 0.312. The Hall–Kier alpha value is -1.55. The van der Waals surface area contributed by atoms with Crippen LogP contribution in [0, 0.1) is 4.91 Å². The van der Waals surface area contributed by atoms with Crippen molar-refractivity contribution in [1.82, 2.24) is 4.98 Å². The molecule has 0 aliphatic carbocycles. The van der Waals surface area contributed by atoms with Crippen LogP contribution in [0.4, 0.5) is 0 Å². The standard InChI is InChI=1S/C16H17BrN2O/c1-2-12(14-4-3-5-15(17)10-14)11-16(19-20)13-6-8-18-9-7-13/h3-10,12,16H,2,11H2,1H3. The van der Waals surface area contributed by atoms with Gasteiger partial charge in [-0.25, -0.2) is 0 Å². The molecule has 0 aliphatic rings. The zero-order valence-corrected chi connectivity index (χ0v) is 13.0. The largest absolute Gasteiger partial charge is 0.265 e. The second kappa shape index (κ2) is 7.29. The number of hydrogen-bond acceptors (Lipinski definition) is 3. The SMILES string of the molecule is CCC(CC(N=O)c1ccncc1)c1cccc(Br)c1. The van der Waals surface area contributed by atoms with Crippen molar-refractivity contribution < 1.29 is 0 Å². The van der Waals surface area contributed by atoms with Crippen LogP contribution in [0.2, 0.25) is 0 Å². The fourth-order valence-corrected chi connectivity index (χ4v) is 2.81. The minimum absolute atomic E-state index is 0.318. The van der Waals surface area contributed by atoms with E-state index >= 15 is 0 Å². The molecule has 0 bridgehead atoms. The Morgan fingerprint density at radius 3 is 2.55 bits per heavy atom. The van der Waals surface area contributed by atoms with Gasteiger partial charge in [0.2, 0.25) is 0 Å². The molecule has 1 heterocycles. The van der Waals surface area contributed by atoms with Crippen molar-refractivity contribution in [3.05, 3.63) is 69.3 Å². The van der Waals surface area contributed by atoms with Gasteiger partial charge in [-0.15, -0.1) is 0 Å². The molecular formula is C16H17BrN2O. The van der Waals surface area contributed by atoms with E-state index in [1.807, 2.05) is 24.3 Å². The molecule has 4 heteroatoms. The summed E-state index contributed by atoms with van der Waals surface area (Å²) in [6, 6.07) is 11.7. The van der Waals surface area contributed by atoms with Crippen LogP contribution in [0.5, 0.6) is 0 Å². The summed E-state index contributed by atoms with van der Waals surface area (Å²) in [7, 11) is 0. The highest BCUT2D eigenvalue weighted by Gasteiger charge is 2.19. The number of pyridine rings is 1. The fourth-order valence-electron chi connectivity index (χ4n) is 2.39. The molecule has 0 saturated heterocycles. The lowest BCUT2D eigenvalue weighted by Crippen LogP contribution is -2.04. The zero-order valence-electron chi connectivity index (χ0n) is 11.4. The first kappa shape index (κ1) is 14.9. The summed E-state index contributed by atoms with van der Waals surface area (Å²) in [6.45, 7) is 2.14. The smallest absolute Gasteiger partial charge is 0.118 e. The van der Waals surface area contributed by atoms with Crippen LogP contribution in [0.25, 0.3) is 0 Å². The highest BCUT2D eigenvalue weighted by atomic mass is 79.9. The Bertz CT molecular complexity index is 559. The van der Waals surface area contributed by atoms with Gasteiger partial charge in [0.05, 0.1) is 0 Å². The predicted molar refractivity (Wildman–Crippen MR) is 84.6 cm³/mol. The van der Waals surface area contributed by atoms with Crippen LogP contribution in [0.1, 0.15) is 42.9 Å². The van der Waals surface area contributed by atoms with E-state index in [-0.39, 0.29) is 6.04 Å². The lowest BCUT2D eigenvalue weighted by atomic mass is 9.88. The summed E-state index contributed by atoms with van der Waals surface area (Å²) in [5, 5.41) is 3.30. The number of halogens is 1. The number of aromatic nitrogens is 1. The van der Waals surface area contributed by atoms with E-state index in [9.17, 15) is 4.91 Å². The van der Waals surface area contributed by atoms with Crippen molar-refractivity contribution >= 4 is 15.9 Å². The molecule has 104 valence electrons. The molecule has 0 amide bonds.